The van der Waals surface area contributed by atoms with Gasteiger partial charge in [0.25, 0.3) is 0 Å². The Kier molecular flexibility index (Phi) is 17.0. The Hall–Kier alpha value is -1.14. The van der Waals surface area contributed by atoms with Crippen LogP contribution in [0.2, 0.25) is 0 Å². The maximum atomic E-state index is 10.3. The van der Waals surface area contributed by atoms with Crippen LogP contribution in [-0.2, 0) is 9.59 Å². The summed E-state index contributed by atoms with van der Waals surface area (Å²) in [5.74, 6) is -1.76. The van der Waals surface area contributed by atoms with E-state index in [0.717, 1.165) is 38.5 Å². The van der Waals surface area contributed by atoms with Gasteiger partial charge in [-0.3, -0.25) is 9.59 Å². The summed E-state index contributed by atoms with van der Waals surface area (Å²) in [7, 11) is 0. The van der Waals surface area contributed by atoms with Crippen LogP contribution in [-0.4, -0.2) is 44.6 Å². The third kappa shape index (κ3) is 14.9. The standard InChI is InChI=1S/C9H18O3.C8H14O3.C2H6/c1-3-4-5-8(10)7(2)6-9(11)12;9-7-4-2-1-3-6(7)5-8(10)11;1-2/h7-8,10H,3-6H2,1-2H3,(H,11,12);6-7,9H,1-5H2,(H,10,11);1-2H3/t7?,8-;6-,7-;/m11./s1. The van der Waals surface area contributed by atoms with Gasteiger partial charge < -0.3 is 20.4 Å². The van der Waals surface area contributed by atoms with Crippen LogP contribution in [0, 0.1) is 11.8 Å². The zero-order valence-electron chi connectivity index (χ0n) is 16.3. The van der Waals surface area contributed by atoms with Crippen LogP contribution in [0.4, 0.5) is 0 Å². The summed E-state index contributed by atoms with van der Waals surface area (Å²) >= 11 is 0. The maximum absolute atomic E-state index is 10.3. The number of carboxylic acids is 2. The molecule has 1 rings (SSSR count). The van der Waals surface area contributed by atoms with Gasteiger partial charge in [-0.15, -0.1) is 0 Å². The molecule has 4 N–H and O–H groups in total. The number of hydrogen-bond acceptors (Lipinski definition) is 4. The van der Waals surface area contributed by atoms with E-state index in [-0.39, 0.29) is 30.8 Å². The Morgan fingerprint density at radius 3 is 2.08 bits per heavy atom. The van der Waals surface area contributed by atoms with Gasteiger partial charge in [0.15, 0.2) is 0 Å². The van der Waals surface area contributed by atoms with Crippen molar-refractivity contribution >= 4 is 11.9 Å². The first-order valence-electron chi connectivity index (χ1n) is 9.57. The number of aliphatic hydroxyl groups excluding tert-OH is 2. The van der Waals surface area contributed by atoms with Crippen molar-refractivity contribution in [1.29, 1.82) is 0 Å². The first-order chi connectivity index (χ1) is 11.8. The monoisotopic (exact) mass is 362 g/mol. The van der Waals surface area contributed by atoms with Crippen molar-refractivity contribution in [2.75, 3.05) is 0 Å². The molecule has 0 aromatic heterocycles. The second kappa shape index (κ2) is 16.3. The normalized spacial score (nSPS) is 21.7. The average Bonchev–Trinajstić information content (AvgIpc) is 2.56. The fourth-order valence-corrected chi connectivity index (χ4v) is 2.76. The van der Waals surface area contributed by atoms with Crippen molar-refractivity contribution in [1.82, 2.24) is 0 Å². The molecule has 0 radical (unpaired) electrons. The zero-order chi connectivity index (χ0) is 19.8. The Balaban J connectivity index is 0. The van der Waals surface area contributed by atoms with E-state index in [1.165, 1.54) is 0 Å². The molecule has 0 aromatic rings. The van der Waals surface area contributed by atoms with Gasteiger partial charge in [0.2, 0.25) is 0 Å². The van der Waals surface area contributed by atoms with Crippen molar-refractivity contribution in [2.24, 2.45) is 11.8 Å². The lowest BCUT2D eigenvalue weighted by Gasteiger charge is -2.25. The first kappa shape index (κ1) is 26.1. The largest absolute Gasteiger partial charge is 0.481 e. The van der Waals surface area contributed by atoms with Gasteiger partial charge in [-0.05, 0) is 31.1 Å². The molecule has 25 heavy (non-hydrogen) atoms. The highest BCUT2D eigenvalue weighted by Crippen LogP contribution is 2.26. The van der Waals surface area contributed by atoms with Crippen molar-refractivity contribution in [2.45, 2.75) is 97.7 Å². The molecule has 1 aliphatic carbocycles. The predicted octanol–water partition coefficient (Wildman–Crippen LogP) is 3.69. The van der Waals surface area contributed by atoms with E-state index in [2.05, 4.69) is 6.92 Å². The fraction of sp³-hybridized carbons (Fsp3) is 0.895. The Bertz CT molecular complexity index is 345. The number of hydrogen-bond donors (Lipinski definition) is 4. The van der Waals surface area contributed by atoms with Gasteiger partial charge in [0.05, 0.1) is 25.0 Å². The molecule has 0 aliphatic heterocycles. The minimum atomic E-state index is -0.835. The molecule has 6 heteroatoms. The lowest BCUT2D eigenvalue weighted by atomic mass is 9.84. The van der Waals surface area contributed by atoms with Crippen molar-refractivity contribution in [3.63, 3.8) is 0 Å². The summed E-state index contributed by atoms with van der Waals surface area (Å²) in [6, 6.07) is 0. The molecule has 1 saturated carbocycles. The molecule has 0 amide bonds. The molecule has 6 nitrogen and oxygen atoms in total. The number of rotatable bonds is 8. The lowest BCUT2D eigenvalue weighted by molar-refractivity contribution is -0.140. The van der Waals surface area contributed by atoms with E-state index in [9.17, 15) is 19.8 Å². The van der Waals surface area contributed by atoms with E-state index in [4.69, 9.17) is 10.2 Å². The molecular weight excluding hydrogens is 324 g/mol. The Labute approximate surface area is 152 Å². The second-order valence-corrected chi connectivity index (χ2v) is 6.49. The third-order valence-electron chi connectivity index (χ3n) is 4.31. The van der Waals surface area contributed by atoms with Crippen LogP contribution in [0.3, 0.4) is 0 Å². The number of unbranched alkanes of at least 4 members (excludes halogenated alkanes) is 1. The first-order valence-corrected chi connectivity index (χ1v) is 9.57. The highest BCUT2D eigenvalue weighted by molar-refractivity contribution is 5.67. The molecule has 150 valence electrons. The van der Waals surface area contributed by atoms with Crippen LogP contribution in [0.5, 0.6) is 0 Å². The zero-order valence-corrected chi connectivity index (χ0v) is 16.3. The second-order valence-electron chi connectivity index (χ2n) is 6.49. The minimum Gasteiger partial charge on any atom is -0.481 e. The summed E-state index contributed by atoms with van der Waals surface area (Å²) in [6.07, 6.45) is 5.82. The van der Waals surface area contributed by atoms with E-state index >= 15 is 0 Å². The summed E-state index contributed by atoms with van der Waals surface area (Å²) in [4.78, 5) is 20.6. The van der Waals surface area contributed by atoms with Gasteiger partial charge in [-0.2, -0.15) is 0 Å². The van der Waals surface area contributed by atoms with Crippen LogP contribution in [0.25, 0.3) is 0 Å². The molecular formula is C19H38O6. The van der Waals surface area contributed by atoms with E-state index < -0.39 is 18.0 Å². The lowest BCUT2D eigenvalue weighted by Crippen LogP contribution is -2.26. The minimum absolute atomic E-state index is 0.00116. The van der Waals surface area contributed by atoms with Crippen molar-refractivity contribution in [3.05, 3.63) is 0 Å². The van der Waals surface area contributed by atoms with Crippen molar-refractivity contribution < 1.29 is 30.0 Å². The number of carbonyl (C=O) groups is 2. The SMILES string of the molecule is CC.CCCC[C@@H](O)C(C)CC(=O)O.O=C(O)C[C@H]1CCCC[C@H]1O. The molecule has 0 saturated heterocycles. The third-order valence-corrected chi connectivity index (χ3v) is 4.31. The highest BCUT2D eigenvalue weighted by atomic mass is 16.4. The molecule has 4 atom stereocenters. The molecule has 1 aliphatic rings. The summed E-state index contributed by atoms with van der Waals surface area (Å²) in [5.41, 5.74) is 0. The van der Waals surface area contributed by atoms with Gasteiger partial charge in [0.1, 0.15) is 0 Å². The smallest absolute Gasteiger partial charge is 0.303 e. The van der Waals surface area contributed by atoms with E-state index in [0.29, 0.717) is 6.42 Å². The number of aliphatic carboxylic acids is 2. The van der Waals surface area contributed by atoms with E-state index in [1.807, 2.05) is 13.8 Å². The summed E-state index contributed by atoms with van der Waals surface area (Å²) in [5, 5.41) is 35.7. The molecule has 0 spiro atoms. The van der Waals surface area contributed by atoms with Crippen LogP contribution in [0.1, 0.15) is 85.5 Å². The quantitative estimate of drug-likeness (QED) is 0.523. The van der Waals surface area contributed by atoms with Crippen LogP contribution >= 0.6 is 0 Å². The van der Waals surface area contributed by atoms with Gasteiger partial charge in [0, 0.05) is 0 Å². The Morgan fingerprint density at radius 1 is 1.08 bits per heavy atom. The van der Waals surface area contributed by atoms with E-state index in [1.54, 1.807) is 6.92 Å². The van der Waals surface area contributed by atoms with Crippen LogP contribution < -0.4 is 0 Å². The highest BCUT2D eigenvalue weighted by Gasteiger charge is 2.24. The van der Waals surface area contributed by atoms with Crippen LogP contribution in [0.15, 0.2) is 0 Å². The molecule has 0 aromatic carbocycles. The number of carboxylic acid groups (broad SMARTS) is 2. The van der Waals surface area contributed by atoms with Crippen molar-refractivity contribution in [3.8, 4) is 0 Å². The van der Waals surface area contributed by atoms with Gasteiger partial charge >= 0.3 is 11.9 Å². The topological polar surface area (TPSA) is 115 Å². The summed E-state index contributed by atoms with van der Waals surface area (Å²) in [6.45, 7) is 7.82. The maximum Gasteiger partial charge on any atom is 0.303 e. The molecule has 0 bridgehead atoms. The fourth-order valence-electron chi connectivity index (χ4n) is 2.76. The molecule has 1 fully saturated rings. The molecule has 0 heterocycles. The predicted molar refractivity (Wildman–Crippen MR) is 98.5 cm³/mol. The van der Waals surface area contributed by atoms with Gasteiger partial charge in [-0.1, -0.05) is 53.4 Å². The Morgan fingerprint density at radius 2 is 1.64 bits per heavy atom. The van der Waals surface area contributed by atoms with Gasteiger partial charge in [-0.25, -0.2) is 0 Å². The average molecular weight is 363 g/mol. The molecule has 1 unspecified atom stereocenters. The summed E-state index contributed by atoms with van der Waals surface area (Å²) < 4.78 is 0. The number of aliphatic hydroxyl groups is 2.